The van der Waals surface area contributed by atoms with Gasteiger partial charge < -0.3 is 5.32 Å². The maximum atomic E-state index is 4.71. The van der Waals surface area contributed by atoms with Crippen LogP contribution in [0.25, 0.3) is 11.5 Å². The topological polar surface area (TPSA) is 50.7 Å². The molecule has 21 heavy (non-hydrogen) atoms. The molecule has 2 aromatic heterocycles. The maximum Gasteiger partial charge on any atom is 0.178 e. The maximum absolute atomic E-state index is 4.71. The van der Waals surface area contributed by atoms with Gasteiger partial charge in [-0.05, 0) is 50.4 Å². The summed E-state index contributed by atoms with van der Waals surface area (Å²) in [5.74, 6) is 1.14. The van der Waals surface area contributed by atoms with Crippen molar-refractivity contribution in [2.75, 3.05) is 13.6 Å². The first-order chi connectivity index (χ1) is 10.1. The zero-order chi connectivity index (χ0) is 15.4. The number of hydrogen-bond donors (Lipinski definition) is 1. The minimum Gasteiger partial charge on any atom is -0.319 e. The van der Waals surface area contributed by atoms with Crippen molar-refractivity contribution in [2.24, 2.45) is 0 Å². The summed E-state index contributed by atoms with van der Waals surface area (Å²) in [5.41, 5.74) is 5.43. The van der Waals surface area contributed by atoms with Crippen LogP contribution >= 0.6 is 0 Å². The van der Waals surface area contributed by atoms with Gasteiger partial charge in [0.25, 0.3) is 0 Å². The van der Waals surface area contributed by atoms with Crippen molar-refractivity contribution >= 4 is 0 Å². The molecule has 4 nitrogen and oxygen atoms in total. The molecule has 0 saturated carbocycles. The molecular formula is C17H24N4. The van der Waals surface area contributed by atoms with Crippen LogP contribution in [0.5, 0.6) is 0 Å². The standard InChI is InChI=1S/C17H24N4/c1-6-14-8-7-9-19-16(14)17-20-12(3)15(13(4)21-17)11(2)10-18-5/h7-9,11,18H,6,10H2,1-5H3. The van der Waals surface area contributed by atoms with E-state index in [9.17, 15) is 0 Å². The zero-order valence-corrected chi connectivity index (χ0v) is 13.6. The molecule has 2 aromatic rings. The van der Waals surface area contributed by atoms with Crippen LogP contribution in [-0.4, -0.2) is 28.5 Å². The van der Waals surface area contributed by atoms with E-state index in [1.807, 2.05) is 13.1 Å². The van der Waals surface area contributed by atoms with E-state index in [2.05, 4.69) is 44.1 Å². The first-order valence-corrected chi connectivity index (χ1v) is 7.52. The Bertz CT molecular complexity index is 599. The minimum absolute atomic E-state index is 0.401. The summed E-state index contributed by atoms with van der Waals surface area (Å²) in [5, 5.41) is 3.22. The minimum atomic E-state index is 0.401. The molecule has 0 aliphatic heterocycles. The summed E-state index contributed by atoms with van der Waals surface area (Å²) in [4.78, 5) is 13.9. The van der Waals surface area contributed by atoms with Crippen LogP contribution in [0.3, 0.4) is 0 Å². The molecular weight excluding hydrogens is 260 g/mol. The predicted molar refractivity (Wildman–Crippen MR) is 86.5 cm³/mol. The van der Waals surface area contributed by atoms with E-state index in [0.29, 0.717) is 5.92 Å². The summed E-state index contributed by atoms with van der Waals surface area (Å²) < 4.78 is 0. The van der Waals surface area contributed by atoms with E-state index in [0.717, 1.165) is 35.9 Å². The van der Waals surface area contributed by atoms with Crippen LogP contribution in [0.1, 0.15) is 42.3 Å². The molecule has 112 valence electrons. The number of nitrogens with zero attached hydrogens (tertiary/aromatic N) is 3. The lowest BCUT2D eigenvalue weighted by Crippen LogP contribution is -2.18. The van der Waals surface area contributed by atoms with E-state index in [4.69, 9.17) is 9.97 Å². The molecule has 0 spiro atoms. The Balaban J connectivity index is 2.49. The van der Waals surface area contributed by atoms with Gasteiger partial charge in [-0.1, -0.05) is 19.9 Å². The summed E-state index contributed by atoms with van der Waals surface area (Å²) in [6.07, 6.45) is 2.74. The van der Waals surface area contributed by atoms with Crippen LogP contribution < -0.4 is 5.32 Å². The first-order valence-electron chi connectivity index (χ1n) is 7.52. The highest BCUT2D eigenvalue weighted by atomic mass is 14.9. The summed E-state index contributed by atoms with van der Waals surface area (Å²) in [7, 11) is 1.97. The number of hydrogen-bond acceptors (Lipinski definition) is 4. The van der Waals surface area contributed by atoms with Gasteiger partial charge in [-0.3, -0.25) is 4.98 Å². The lowest BCUT2D eigenvalue weighted by atomic mass is 9.98. The van der Waals surface area contributed by atoms with Crippen LogP contribution in [0.4, 0.5) is 0 Å². The Labute approximate surface area is 127 Å². The highest BCUT2D eigenvalue weighted by Gasteiger charge is 2.16. The van der Waals surface area contributed by atoms with Crippen molar-refractivity contribution in [2.45, 2.75) is 40.0 Å². The van der Waals surface area contributed by atoms with Gasteiger partial charge in [0.2, 0.25) is 0 Å². The first kappa shape index (κ1) is 15.6. The quantitative estimate of drug-likeness (QED) is 0.917. The molecule has 1 unspecified atom stereocenters. The van der Waals surface area contributed by atoms with Crippen molar-refractivity contribution in [3.05, 3.63) is 40.8 Å². The summed E-state index contributed by atoms with van der Waals surface area (Å²) in [6.45, 7) is 9.38. The monoisotopic (exact) mass is 284 g/mol. The van der Waals surface area contributed by atoms with E-state index < -0.39 is 0 Å². The van der Waals surface area contributed by atoms with Crippen LogP contribution in [0.2, 0.25) is 0 Å². The average Bonchev–Trinajstić information content (AvgIpc) is 2.46. The van der Waals surface area contributed by atoms with Gasteiger partial charge in [-0.25, -0.2) is 9.97 Å². The van der Waals surface area contributed by atoms with Crippen molar-refractivity contribution in [3.63, 3.8) is 0 Å². The van der Waals surface area contributed by atoms with Crippen molar-refractivity contribution in [3.8, 4) is 11.5 Å². The number of likely N-dealkylation sites (N-methyl/N-ethyl adjacent to an activating group) is 1. The van der Waals surface area contributed by atoms with Gasteiger partial charge in [-0.15, -0.1) is 0 Å². The fourth-order valence-electron chi connectivity index (χ4n) is 2.88. The average molecular weight is 284 g/mol. The van der Waals surface area contributed by atoms with Gasteiger partial charge in [0.15, 0.2) is 5.82 Å². The molecule has 2 heterocycles. The molecule has 0 bridgehead atoms. The second kappa shape index (κ2) is 6.76. The molecule has 1 atom stereocenters. The summed E-state index contributed by atoms with van der Waals surface area (Å²) >= 11 is 0. The second-order valence-electron chi connectivity index (χ2n) is 5.46. The van der Waals surface area contributed by atoms with Gasteiger partial charge in [-0.2, -0.15) is 0 Å². The van der Waals surface area contributed by atoms with Crippen LogP contribution in [-0.2, 0) is 6.42 Å². The van der Waals surface area contributed by atoms with E-state index in [1.54, 1.807) is 6.20 Å². The Kier molecular flexibility index (Phi) is 5.02. The van der Waals surface area contributed by atoms with Gasteiger partial charge in [0.1, 0.15) is 5.69 Å². The van der Waals surface area contributed by atoms with Gasteiger partial charge in [0.05, 0.1) is 0 Å². The molecule has 0 fully saturated rings. The fraction of sp³-hybridized carbons (Fsp3) is 0.471. The highest BCUT2D eigenvalue weighted by Crippen LogP contribution is 2.25. The third-order valence-corrected chi connectivity index (χ3v) is 3.81. The Hall–Kier alpha value is -1.81. The van der Waals surface area contributed by atoms with Gasteiger partial charge >= 0.3 is 0 Å². The molecule has 0 aliphatic carbocycles. The SMILES string of the molecule is CCc1cccnc1-c1nc(C)c(C(C)CNC)c(C)n1. The van der Waals surface area contributed by atoms with Crippen molar-refractivity contribution in [1.29, 1.82) is 0 Å². The molecule has 0 amide bonds. The number of nitrogens with one attached hydrogen (secondary N) is 1. The third kappa shape index (κ3) is 3.27. The molecule has 4 heteroatoms. The third-order valence-electron chi connectivity index (χ3n) is 3.81. The predicted octanol–water partition coefficient (Wildman–Crippen LogP) is 3.04. The molecule has 0 saturated heterocycles. The van der Waals surface area contributed by atoms with E-state index in [1.165, 1.54) is 11.1 Å². The number of rotatable bonds is 5. The van der Waals surface area contributed by atoms with E-state index >= 15 is 0 Å². The molecule has 0 aliphatic rings. The molecule has 1 N–H and O–H groups in total. The Morgan fingerprint density at radius 1 is 1.19 bits per heavy atom. The lowest BCUT2D eigenvalue weighted by molar-refractivity contribution is 0.662. The smallest absolute Gasteiger partial charge is 0.178 e. The van der Waals surface area contributed by atoms with Crippen LogP contribution in [0.15, 0.2) is 18.3 Å². The second-order valence-corrected chi connectivity index (χ2v) is 5.46. The molecule has 2 rings (SSSR count). The summed E-state index contributed by atoms with van der Waals surface area (Å²) in [6, 6.07) is 4.05. The lowest BCUT2D eigenvalue weighted by Gasteiger charge is -2.17. The number of pyridine rings is 1. The number of aryl methyl sites for hydroxylation is 3. The van der Waals surface area contributed by atoms with Crippen molar-refractivity contribution in [1.82, 2.24) is 20.3 Å². The molecule has 0 radical (unpaired) electrons. The van der Waals surface area contributed by atoms with Crippen molar-refractivity contribution < 1.29 is 0 Å². The largest absolute Gasteiger partial charge is 0.319 e. The van der Waals surface area contributed by atoms with E-state index in [-0.39, 0.29) is 0 Å². The highest BCUT2D eigenvalue weighted by molar-refractivity contribution is 5.55. The van der Waals surface area contributed by atoms with Crippen LogP contribution in [0, 0.1) is 13.8 Å². The number of aromatic nitrogens is 3. The fourth-order valence-corrected chi connectivity index (χ4v) is 2.88. The van der Waals surface area contributed by atoms with Gasteiger partial charge in [0, 0.05) is 24.1 Å². The zero-order valence-electron chi connectivity index (χ0n) is 13.6. The normalized spacial score (nSPS) is 12.4. The Morgan fingerprint density at radius 3 is 2.43 bits per heavy atom. The Morgan fingerprint density at radius 2 is 1.86 bits per heavy atom. The molecule has 0 aromatic carbocycles.